The number of aliphatic hydroxyl groups is 1. The van der Waals surface area contributed by atoms with Gasteiger partial charge in [-0.2, -0.15) is 0 Å². The lowest BCUT2D eigenvalue weighted by Gasteiger charge is -2.18. The third-order valence-corrected chi connectivity index (χ3v) is 2.32. The average Bonchev–Trinajstić information content (AvgIpc) is 2.10. The second-order valence-corrected chi connectivity index (χ2v) is 4.20. The van der Waals surface area contributed by atoms with Crippen LogP contribution in [0.5, 0.6) is 0 Å². The van der Waals surface area contributed by atoms with Gasteiger partial charge in [-0.1, -0.05) is 17.7 Å². The summed E-state index contributed by atoms with van der Waals surface area (Å²) in [6, 6.07) is 4.74. The number of hydrogen-bond acceptors (Lipinski definition) is 2. The minimum absolute atomic E-state index is 0.136. The molecular weight excluding hydrogens is 217 g/mol. The first-order valence-electron chi connectivity index (χ1n) is 4.79. The molecule has 1 rings (SSSR count). The van der Waals surface area contributed by atoms with E-state index in [1.54, 1.807) is 19.1 Å². The van der Waals surface area contributed by atoms with Crippen LogP contribution >= 0.6 is 11.6 Å². The smallest absolute Gasteiger partial charge is 0.142 e. The predicted octanol–water partition coefficient (Wildman–Crippen LogP) is 2.29. The highest BCUT2D eigenvalue weighted by Crippen LogP contribution is 2.16. The van der Waals surface area contributed by atoms with Crippen LogP contribution in [0.4, 0.5) is 4.39 Å². The van der Waals surface area contributed by atoms with Gasteiger partial charge in [0.1, 0.15) is 5.82 Å². The molecule has 2 nitrogen and oxygen atoms in total. The van der Waals surface area contributed by atoms with Crippen LogP contribution in [0.3, 0.4) is 0 Å². The fourth-order valence-electron chi connectivity index (χ4n) is 1.47. The van der Waals surface area contributed by atoms with Crippen molar-refractivity contribution in [2.75, 3.05) is 13.6 Å². The van der Waals surface area contributed by atoms with Crippen LogP contribution < -0.4 is 0 Å². The molecule has 0 heterocycles. The molecule has 0 bridgehead atoms. The summed E-state index contributed by atoms with van der Waals surface area (Å²) in [5.41, 5.74) is 0.847. The summed E-state index contributed by atoms with van der Waals surface area (Å²) in [4.78, 5) is 1.92. The molecule has 0 aliphatic rings. The number of hydrogen-bond donors (Lipinski definition) is 1. The van der Waals surface area contributed by atoms with Gasteiger partial charge in [0.05, 0.1) is 11.1 Å². The Morgan fingerprint density at radius 1 is 1.53 bits per heavy atom. The Morgan fingerprint density at radius 2 is 2.20 bits per heavy atom. The molecule has 0 aromatic heterocycles. The first-order valence-corrected chi connectivity index (χ1v) is 5.17. The molecule has 1 N–H and O–H groups in total. The number of aliphatic hydroxyl groups excluding tert-OH is 1. The van der Waals surface area contributed by atoms with Gasteiger partial charge in [0.25, 0.3) is 0 Å². The summed E-state index contributed by atoms with van der Waals surface area (Å²) in [5.74, 6) is -0.403. The van der Waals surface area contributed by atoms with E-state index in [9.17, 15) is 4.39 Å². The zero-order valence-corrected chi connectivity index (χ0v) is 9.63. The molecule has 0 saturated carbocycles. The second kappa shape index (κ2) is 5.45. The number of halogens is 2. The van der Waals surface area contributed by atoms with Crippen molar-refractivity contribution in [1.29, 1.82) is 0 Å². The lowest BCUT2D eigenvalue weighted by molar-refractivity contribution is 0.138. The van der Waals surface area contributed by atoms with Crippen molar-refractivity contribution in [1.82, 2.24) is 4.90 Å². The Balaban J connectivity index is 2.60. The van der Waals surface area contributed by atoms with Gasteiger partial charge in [-0.15, -0.1) is 0 Å². The Labute approximate surface area is 94.3 Å². The van der Waals surface area contributed by atoms with Crippen LogP contribution in [0, 0.1) is 5.82 Å². The van der Waals surface area contributed by atoms with Crippen LogP contribution in [-0.4, -0.2) is 29.7 Å². The molecule has 1 aromatic carbocycles. The molecule has 0 saturated heterocycles. The maximum absolute atomic E-state index is 13.1. The van der Waals surface area contributed by atoms with E-state index in [0.717, 1.165) is 5.56 Å². The summed E-state index contributed by atoms with van der Waals surface area (Å²) < 4.78 is 13.1. The summed E-state index contributed by atoms with van der Waals surface area (Å²) in [6.07, 6.45) is -0.382. The number of nitrogens with zero attached hydrogens (tertiary/aromatic N) is 1. The van der Waals surface area contributed by atoms with Gasteiger partial charge in [0, 0.05) is 13.1 Å². The van der Waals surface area contributed by atoms with Crippen LogP contribution in [0.25, 0.3) is 0 Å². The monoisotopic (exact) mass is 231 g/mol. The molecule has 0 radical (unpaired) electrons. The van der Waals surface area contributed by atoms with Crippen LogP contribution in [0.15, 0.2) is 18.2 Å². The fourth-order valence-corrected chi connectivity index (χ4v) is 1.58. The standard InChI is InChI=1S/C11H15ClFNO/c1-8(15)6-14(2)7-9-3-4-10(12)11(13)5-9/h3-5,8,15H,6-7H2,1-2H3. The normalized spacial score (nSPS) is 13.2. The highest BCUT2D eigenvalue weighted by Gasteiger charge is 2.06. The van der Waals surface area contributed by atoms with Gasteiger partial charge in [0.15, 0.2) is 0 Å². The van der Waals surface area contributed by atoms with Gasteiger partial charge in [0.2, 0.25) is 0 Å². The molecule has 0 spiro atoms. The van der Waals surface area contributed by atoms with Crippen molar-refractivity contribution in [3.8, 4) is 0 Å². The zero-order chi connectivity index (χ0) is 11.4. The average molecular weight is 232 g/mol. The maximum Gasteiger partial charge on any atom is 0.142 e. The first kappa shape index (κ1) is 12.4. The van der Waals surface area contributed by atoms with Crippen molar-refractivity contribution in [2.24, 2.45) is 0 Å². The van der Waals surface area contributed by atoms with Crippen molar-refractivity contribution in [3.05, 3.63) is 34.6 Å². The van der Waals surface area contributed by atoms with E-state index in [-0.39, 0.29) is 11.1 Å². The molecule has 1 aromatic rings. The van der Waals surface area contributed by atoms with Crippen molar-refractivity contribution >= 4 is 11.6 Å². The van der Waals surface area contributed by atoms with E-state index in [1.165, 1.54) is 6.07 Å². The van der Waals surface area contributed by atoms with Gasteiger partial charge >= 0.3 is 0 Å². The van der Waals surface area contributed by atoms with E-state index in [0.29, 0.717) is 13.1 Å². The Kier molecular flexibility index (Phi) is 4.51. The maximum atomic E-state index is 13.1. The third kappa shape index (κ3) is 4.16. The molecule has 0 aliphatic heterocycles. The van der Waals surface area contributed by atoms with Gasteiger partial charge < -0.3 is 5.11 Å². The topological polar surface area (TPSA) is 23.5 Å². The summed E-state index contributed by atoms with van der Waals surface area (Å²) in [7, 11) is 1.87. The first-order chi connectivity index (χ1) is 6.99. The quantitative estimate of drug-likeness (QED) is 0.860. The summed E-state index contributed by atoms with van der Waals surface area (Å²) in [5, 5.41) is 9.30. The third-order valence-electron chi connectivity index (χ3n) is 2.01. The van der Waals surface area contributed by atoms with E-state index < -0.39 is 5.82 Å². The van der Waals surface area contributed by atoms with Gasteiger partial charge in [-0.05, 0) is 31.7 Å². The van der Waals surface area contributed by atoms with Crippen molar-refractivity contribution in [3.63, 3.8) is 0 Å². The van der Waals surface area contributed by atoms with Crippen molar-refractivity contribution < 1.29 is 9.50 Å². The molecule has 1 atom stereocenters. The van der Waals surface area contributed by atoms with Gasteiger partial charge in [-0.3, -0.25) is 4.90 Å². The largest absolute Gasteiger partial charge is 0.392 e. The second-order valence-electron chi connectivity index (χ2n) is 3.79. The molecule has 1 unspecified atom stereocenters. The lowest BCUT2D eigenvalue weighted by atomic mass is 10.2. The predicted molar refractivity (Wildman–Crippen MR) is 59.4 cm³/mol. The SMILES string of the molecule is CC(O)CN(C)Cc1ccc(Cl)c(F)c1. The van der Waals surface area contributed by atoms with Crippen LogP contribution in [-0.2, 0) is 6.54 Å². The number of benzene rings is 1. The van der Waals surface area contributed by atoms with Gasteiger partial charge in [-0.25, -0.2) is 4.39 Å². The van der Waals surface area contributed by atoms with E-state index >= 15 is 0 Å². The number of likely N-dealkylation sites (N-methyl/N-ethyl adjacent to an activating group) is 1. The van der Waals surface area contributed by atoms with Crippen molar-refractivity contribution in [2.45, 2.75) is 19.6 Å². The molecule has 84 valence electrons. The Bertz CT molecular complexity index is 330. The van der Waals surface area contributed by atoms with E-state index in [1.807, 2.05) is 11.9 Å². The van der Waals surface area contributed by atoms with E-state index in [2.05, 4.69) is 0 Å². The number of rotatable bonds is 4. The molecule has 15 heavy (non-hydrogen) atoms. The van der Waals surface area contributed by atoms with Crippen LogP contribution in [0.1, 0.15) is 12.5 Å². The molecule has 0 aliphatic carbocycles. The molecule has 0 fully saturated rings. The Morgan fingerprint density at radius 3 is 2.73 bits per heavy atom. The zero-order valence-electron chi connectivity index (χ0n) is 8.87. The minimum atomic E-state index is -0.403. The van der Waals surface area contributed by atoms with E-state index in [4.69, 9.17) is 16.7 Å². The van der Waals surface area contributed by atoms with Crippen LogP contribution in [0.2, 0.25) is 5.02 Å². The summed E-state index contributed by atoms with van der Waals surface area (Å²) >= 11 is 5.57. The highest BCUT2D eigenvalue weighted by molar-refractivity contribution is 6.30. The highest BCUT2D eigenvalue weighted by atomic mass is 35.5. The molecular formula is C11H15ClFNO. The fraction of sp³-hybridized carbons (Fsp3) is 0.455. The molecule has 0 amide bonds. The molecule has 4 heteroatoms. The Hall–Kier alpha value is -0.640. The summed E-state index contributed by atoms with van der Waals surface area (Å²) in [6.45, 7) is 2.88. The lowest BCUT2D eigenvalue weighted by Crippen LogP contribution is -2.26. The minimum Gasteiger partial charge on any atom is -0.392 e.